The molecule has 0 unspecified atom stereocenters. The number of nitrogens with zero attached hydrogens (tertiary/aromatic N) is 4. The summed E-state index contributed by atoms with van der Waals surface area (Å²) in [5, 5.41) is 22.9. The number of sulfone groups is 1. The third-order valence-electron chi connectivity index (χ3n) is 4.93. The van der Waals surface area contributed by atoms with E-state index in [1.807, 2.05) is 6.07 Å². The van der Waals surface area contributed by atoms with Gasteiger partial charge in [0.05, 0.1) is 28.1 Å². The molecule has 0 aliphatic heterocycles. The molecule has 0 radical (unpaired) electrons. The summed E-state index contributed by atoms with van der Waals surface area (Å²) >= 11 is 6.11. The quantitative estimate of drug-likeness (QED) is 0.281. The minimum atomic E-state index is -3.51. The van der Waals surface area contributed by atoms with Crippen LogP contribution in [0.3, 0.4) is 0 Å². The van der Waals surface area contributed by atoms with E-state index in [9.17, 15) is 22.3 Å². The third kappa shape index (κ3) is 5.75. The van der Waals surface area contributed by atoms with Crippen molar-refractivity contribution in [2.45, 2.75) is 17.4 Å². The van der Waals surface area contributed by atoms with Gasteiger partial charge < -0.3 is 20.2 Å². The number of rotatable bonds is 9. The SMILES string of the molecule is CS(=O)(=O)c1ccc(Nc2ncc(-c3nnc(C(F)F)o3)c(N[C@H](CO)c3ccccc3)n2)cc1Cl. The normalized spacial score (nSPS) is 12.5. The van der Waals surface area contributed by atoms with E-state index in [1.54, 1.807) is 24.3 Å². The molecule has 188 valence electrons. The largest absolute Gasteiger partial charge is 0.415 e. The fourth-order valence-corrected chi connectivity index (χ4v) is 4.56. The van der Waals surface area contributed by atoms with Crippen LogP contribution in [0.4, 0.5) is 26.2 Å². The molecule has 0 saturated heterocycles. The first kappa shape index (κ1) is 25.4. The maximum Gasteiger partial charge on any atom is 0.314 e. The standard InChI is InChI=1S/C22H19ClF2N6O4S/c1-36(33,34)17-8-7-13(9-15(17)23)27-22-26-10-14(20-30-31-21(35-20)18(24)25)19(29-22)28-16(11-32)12-5-3-2-4-6-12/h2-10,16,18,32H,11H2,1H3,(H2,26,27,28,29)/t16-/m1/s1. The lowest BCUT2D eigenvalue weighted by molar-refractivity contribution is 0.116. The van der Waals surface area contributed by atoms with E-state index >= 15 is 0 Å². The van der Waals surface area contributed by atoms with Gasteiger partial charge in [0, 0.05) is 18.1 Å². The number of alkyl halides is 2. The van der Waals surface area contributed by atoms with Crippen molar-refractivity contribution in [1.82, 2.24) is 20.2 Å². The summed E-state index contributed by atoms with van der Waals surface area (Å²) in [6, 6.07) is 12.6. The molecule has 4 aromatic rings. The van der Waals surface area contributed by atoms with E-state index in [1.165, 1.54) is 24.4 Å². The second-order valence-electron chi connectivity index (χ2n) is 7.53. The van der Waals surface area contributed by atoms with Gasteiger partial charge >= 0.3 is 6.43 Å². The number of aromatic nitrogens is 4. The van der Waals surface area contributed by atoms with E-state index in [0.717, 1.165) is 11.8 Å². The second kappa shape index (κ2) is 10.5. The molecule has 2 aromatic heterocycles. The number of hydrogen-bond acceptors (Lipinski definition) is 10. The predicted octanol–water partition coefficient (Wildman–Crippen LogP) is 4.41. The van der Waals surface area contributed by atoms with Crippen LogP contribution in [-0.2, 0) is 9.84 Å². The van der Waals surface area contributed by atoms with Crippen molar-refractivity contribution in [3.8, 4) is 11.5 Å². The van der Waals surface area contributed by atoms with Crippen molar-refractivity contribution < 1.29 is 26.7 Å². The van der Waals surface area contributed by atoms with E-state index in [4.69, 9.17) is 16.0 Å². The van der Waals surface area contributed by atoms with Crippen LogP contribution < -0.4 is 10.6 Å². The molecule has 2 aromatic carbocycles. The summed E-state index contributed by atoms with van der Waals surface area (Å²) in [5.74, 6) is -0.938. The molecule has 0 bridgehead atoms. The molecule has 14 heteroatoms. The molecule has 36 heavy (non-hydrogen) atoms. The maximum absolute atomic E-state index is 13.0. The Hall–Kier alpha value is -3.68. The zero-order valence-corrected chi connectivity index (χ0v) is 20.1. The van der Waals surface area contributed by atoms with Crippen LogP contribution in [0.2, 0.25) is 5.02 Å². The Morgan fingerprint density at radius 3 is 2.50 bits per heavy atom. The number of aliphatic hydroxyl groups excluding tert-OH is 1. The molecular formula is C22H19ClF2N6O4S. The van der Waals surface area contributed by atoms with Gasteiger partial charge in [-0.25, -0.2) is 13.4 Å². The van der Waals surface area contributed by atoms with Crippen LogP contribution in [0.1, 0.15) is 23.9 Å². The molecule has 0 fully saturated rings. The van der Waals surface area contributed by atoms with E-state index < -0.39 is 28.2 Å². The average molecular weight is 537 g/mol. The van der Waals surface area contributed by atoms with Crippen molar-refractivity contribution in [1.29, 1.82) is 0 Å². The summed E-state index contributed by atoms with van der Waals surface area (Å²) in [6.07, 6.45) is -0.631. The Morgan fingerprint density at radius 1 is 1.14 bits per heavy atom. The lowest BCUT2D eigenvalue weighted by Gasteiger charge is -2.19. The fourth-order valence-electron chi connectivity index (χ4n) is 3.23. The van der Waals surface area contributed by atoms with Crippen LogP contribution in [-0.4, -0.2) is 46.6 Å². The highest BCUT2D eigenvalue weighted by Crippen LogP contribution is 2.32. The Kier molecular flexibility index (Phi) is 7.43. The number of benzene rings is 2. The van der Waals surface area contributed by atoms with Crippen molar-refractivity contribution >= 4 is 38.9 Å². The van der Waals surface area contributed by atoms with Gasteiger partial charge in [-0.05, 0) is 23.8 Å². The van der Waals surface area contributed by atoms with E-state index in [2.05, 4.69) is 30.8 Å². The van der Waals surface area contributed by atoms with Gasteiger partial charge in [-0.1, -0.05) is 41.9 Å². The first-order valence-electron chi connectivity index (χ1n) is 10.3. The van der Waals surface area contributed by atoms with Gasteiger partial charge in [0.1, 0.15) is 5.82 Å². The summed E-state index contributed by atoms with van der Waals surface area (Å²) in [6.45, 7) is -0.315. The van der Waals surface area contributed by atoms with Crippen LogP contribution in [0.15, 0.2) is 64.0 Å². The van der Waals surface area contributed by atoms with E-state index in [0.29, 0.717) is 5.69 Å². The van der Waals surface area contributed by atoms with Gasteiger partial charge in [-0.3, -0.25) is 0 Å². The zero-order chi connectivity index (χ0) is 25.9. The first-order chi connectivity index (χ1) is 17.2. The van der Waals surface area contributed by atoms with Crippen LogP contribution in [0.5, 0.6) is 0 Å². The number of anilines is 3. The van der Waals surface area contributed by atoms with Crippen molar-refractivity contribution in [3.05, 3.63) is 71.2 Å². The second-order valence-corrected chi connectivity index (χ2v) is 9.93. The van der Waals surface area contributed by atoms with Gasteiger partial charge in [0.25, 0.3) is 11.8 Å². The highest BCUT2D eigenvalue weighted by molar-refractivity contribution is 7.90. The molecule has 1 atom stereocenters. The van der Waals surface area contributed by atoms with Gasteiger partial charge in [0.15, 0.2) is 9.84 Å². The van der Waals surface area contributed by atoms with Crippen LogP contribution >= 0.6 is 11.6 Å². The summed E-state index contributed by atoms with van der Waals surface area (Å²) in [7, 11) is -3.51. The van der Waals surface area contributed by atoms with E-state index in [-0.39, 0.29) is 39.7 Å². The maximum atomic E-state index is 13.0. The van der Waals surface area contributed by atoms with Crippen molar-refractivity contribution in [2.75, 3.05) is 23.5 Å². The average Bonchev–Trinajstić information content (AvgIpc) is 3.33. The topological polar surface area (TPSA) is 143 Å². The highest BCUT2D eigenvalue weighted by atomic mass is 35.5. The Morgan fingerprint density at radius 2 is 1.89 bits per heavy atom. The molecule has 0 saturated carbocycles. The van der Waals surface area contributed by atoms with Crippen molar-refractivity contribution in [3.63, 3.8) is 0 Å². The monoisotopic (exact) mass is 536 g/mol. The minimum Gasteiger partial charge on any atom is -0.415 e. The molecule has 0 aliphatic rings. The summed E-state index contributed by atoms with van der Waals surface area (Å²) in [5.41, 5.74) is 1.26. The Balaban J connectivity index is 1.71. The fraction of sp³-hybridized carbons (Fsp3) is 0.182. The lowest BCUT2D eigenvalue weighted by Crippen LogP contribution is -2.17. The first-order valence-corrected chi connectivity index (χ1v) is 12.6. The Bertz CT molecular complexity index is 1470. The predicted molar refractivity (Wildman–Crippen MR) is 128 cm³/mol. The number of aliphatic hydroxyl groups is 1. The van der Waals surface area contributed by atoms with Crippen molar-refractivity contribution in [2.24, 2.45) is 0 Å². The minimum absolute atomic E-state index is 0.00674. The molecule has 0 amide bonds. The highest BCUT2D eigenvalue weighted by Gasteiger charge is 2.22. The number of hydrogen-bond donors (Lipinski definition) is 3. The van der Waals surface area contributed by atoms with Gasteiger partial charge in [0.2, 0.25) is 5.95 Å². The molecule has 3 N–H and O–H groups in total. The zero-order valence-electron chi connectivity index (χ0n) is 18.6. The lowest BCUT2D eigenvalue weighted by atomic mass is 10.1. The number of nitrogens with one attached hydrogen (secondary N) is 2. The third-order valence-corrected chi connectivity index (χ3v) is 6.51. The Labute approximate surface area is 209 Å². The van der Waals surface area contributed by atoms with Crippen LogP contribution in [0, 0.1) is 0 Å². The smallest absolute Gasteiger partial charge is 0.314 e. The molecule has 10 nitrogen and oxygen atoms in total. The molecular weight excluding hydrogens is 518 g/mol. The molecule has 2 heterocycles. The molecule has 4 rings (SSSR count). The number of halogens is 3. The van der Waals surface area contributed by atoms with Crippen LogP contribution in [0.25, 0.3) is 11.5 Å². The molecule has 0 aliphatic carbocycles. The summed E-state index contributed by atoms with van der Waals surface area (Å²) < 4.78 is 54.7. The van der Waals surface area contributed by atoms with Gasteiger partial charge in [-0.2, -0.15) is 13.8 Å². The summed E-state index contributed by atoms with van der Waals surface area (Å²) in [4.78, 5) is 8.53. The van der Waals surface area contributed by atoms with Gasteiger partial charge in [-0.15, -0.1) is 10.2 Å². The molecule has 0 spiro atoms.